The highest BCUT2D eigenvalue weighted by molar-refractivity contribution is 7.88. The van der Waals surface area contributed by atoms with Gasteiger partial charge in [-0.05, 0) is 60.7 Å². The predicted molar refractivity (Wildman–Crippen MR) is 229 cm³/mol. The number of fused-ring (bicyclic) bond motifs is 6. The van der Waals surface area contributed by atoms with Gasteiger partial charge in [-0.25, -0.2) is 9.36 Å². The van der Waals surface area contributed by atoms with Crippen LogP contribution in [0.1, 0.15) is 86.1 Å². The normalized spacial score (nSPS) is 14.7. The Morgan fingerprint density at radius 2 is 1.19 bits per heavy atom. The molecule has 6 heterocycles. The first kappa shape index (κ1) is 41.6. The molecule has 2 aromatic carbocycles. The van der Waals surface area contributed by atoms with Crippen molar-refractivity contribution in [3.05, 3.63) is 96.5 Å². The smallest absolute Gasteiger partial charge is 0.304 e. The van der Waals surface area contributed by atoms with E-state index < -0.39 is 22.3 Å². The van der Waals surface area contributed by atoms with E-state index in [0.717, 1.165) is 77.3 Å². The summed E-state index contributed by atoms with van der Waals surface area (Å²) in [6.07, 6.45) is 5.71. The average Bonchev–Trinajstić information content (AvgIpc) is 3.94. The molecule has 4 aromatic heterocycles. The average molecular weight is 925 g/mol. The standard InChI is InChI=1S/C40H38Cl4N4O7S3/c41-22-9-11-28(26(43)19-22)47-37-24(13-16-54-32-15-18-56-39(32)37)35(45-47)30(49)7-5-3-1-2-4-6-8-31(50)36-25-14-17-55-33-21-34(58(51,52)53)57-40(33)38(25)48(46-36)29-12-10-23(42)20-27(29)44/h9-12,15,18-21,30-31,49-50H,1-8,13-14,16-17H2,(H,51,52,53). The SMILES string of the molecule is O=S(=O)(O)c1cc2c(s1)-c1c(c(C(O)CCCCCCCCC(O)c3nn(-c4ccc(Cl)cc4Cl)c4c3CCOc3ccsc3-4)nn1-c1ccc(Cl)cc1Cl)CCO2. The Morgan fingerprint density at radius 3 is 1.71 bits per heavy atom. The fraction of sp³-hybridized carbons (Fsp3) is 0.350. The molecule has 0 saturated heterocycles. The largest absolute Gasteiger partial charge is 0.492 e. The Hall–Kier alpha value is -3.15. The summed E-state index contributed by atoms with van der Waals surface area (Å²) in [7, 11) is -4.49. The Labute approximate surface area is 363 Å². The quantitative estimate of drug-likeness (QED) is 0.0717. The summed E-state index contributed by atoms with van der Waals surface area (Å²) in [6, 6.07) is 13.5. The highest BCUT2D eigenvalue weighted by Gasteiger charge is 2.33. The Morgan fingerprint density at radius 1 is 0.690 bits per heavy atom. The lowest BCUT2D eigenvalue weighted by atomic mass is 9.99. The second-order valence-electron chi connectivity index (χ2n) is 14.2. The van der Waals surface area contributed by atoms with Gasteiger partial charge >= 0.3 is 10.1 Å². The molecule has 2 unspecified atom stereocenters. The molecule has 306 valence electrons. The maximum Gasteiger partial charge on any atom is 0.304 e. The summed E-state index contributed by atoms with van der Waals surface area (Å²) < 4.78 is 49.0. The minimum absolute atomic E-state index is 0.223. The van der Waals surface area contributed by atoms with Gasteiger partial charge in [-0.2, -0.15) is 18.6 Å². The number of aliphatic hydroxyl groups is 2. The van der Waals surface area contributed by atoms with Crippen molar-refractivity contribution in [1.82, 2.24) is 19.6 Å². The summed E-state index contributed by atoms with van der Waals surface area (Å²) in [5.74, 6) is 1.09. The van der Waals surface area contributed by atoms with E-state index in [4.69, 9.17) is 66.1 Å². The zero-order valence-corrected chi connectivity index (χ0v) is 36.3. The van der Waals surface area contributed by atoms with Crippen LogP contribution in [0.5, 0.6) is 11.5 Å². The molecule has 0 saturated carbocycles. The summed E-state index contributed by atoms with van der Waals surface area (Å²) in [5, 5.41) is 36.5. The molecule has 18 heteroatoms. The Kier molecular flexibility index (Phi) is 12.5. The fourth-order valence-electron chi connectivity index (χ4n) is 7.60. The number of hydrogen-bond acceptors (Lipinski definition) is 10. The fourth-order valence-corrected chi connectivity index (χ4v) is 11.3. The molecule has 0 spiro atoms. The number of aromatic nitrogens is 4. The van der Waals surface area contributed by atoms with Gasteiger partial charge in [0.25, 0.3) is 0 Å². The topological polar surface area (TPSA) is 149 Å². The maximum absolute atomic E-state index is 12.1. The van der Waals surface area contributed by atoms with Gasteiger partial charge in [0.2, 0.25) is 0 Å². The molecule has 8 rings (SSSR count). The third-order valence-corrected chi connectivity index (χ3v) is 14.8. The van der Waals surface area contributed by atoms with Crippen LogP contribution in [0.4, 0.5) is 0 Å². The third-order valence-electron chi connectivity index (χ3n) is 10.3. The van der Waals surface area contributed by atoms with Crippen LogP contribution in [0, 0.1) is 0 Å². The van der Waals surface area contributed by atoms with E-state index in [9.17, 15) is 23.2 Å². The first-order chi connectivity index (χ1) is 27.9. The first-order valence-electron chi connectivity index (χ1n) is 18.8. The highest BCUT2D eigenvalue weighted by atomic mass is 35.5. The molecular weight excluding hydrogens is 886 g/mol. The van der Waals surface area contributed by atoms with Crippen molar-refractivity contribution in [3.8, 4) is 44.0 Å². The zero-order chi connectivity index (χ0) is 40.7. The molecule has 0 radical (unpaired) electrons. The summed E-state index contributed by atoms with van der Waals surface area (Å²) in [5.41, 5.74) is 5.41. The zero-order valence-electron chi connectivity index (χ0n) is 30.8. The number of unbranched alkanes of at least 4 members (excludes halogenated alkanes) is 5. The molecule has 0 fully saturated rings. The molecule has 2 aliphatic heterocycles. The van der Waals surface area contributed by atoms with Crippen LogP contribution in [0.25, 0.3) is 32.5 Å². The number of ether oxygens (including phenoxy) is 2. The van der Waals surface area contributed by atoms with Crippen molar-refractivity contribution in [2.75, 3.05) is 13.2 Å². The third kappa shape index (κ3) is 8.43. The lowest BCUT2D eigenvalue weighted by Gasteiger charge is -2.11. The number of rotatable bonds is 14. The van der Waals surface area contributed by atoms with E-state index >= 15 is 0 Å². The molecule has 2 aliphatic rings. The monoisotopic (exact) mass is 922 g/mol. The van der Waals surface area contributed by atoms with E-state index in [1.54, 1.807) is 46.4 Å². The van der Waals surface area contributed by atoms with Gasteiger partial charge in [-0.15, -0.1) is 22.7 Å². The van der Waals surface area contributed by atoms with Gasteiger partial charge in [0.05, 0.1) is 79.4 Å². The van der Waals surface area contributed by atoms with Crippen LogP contribution in [0.15, 0.2) is 58.1 Å². The minimum atomic E-state index is -4.49. The van der Waals surface area contributed by atoms with Gasteiger partial charge in [0, 0.05) is 40.1 Å². The van der Waals surface area contributed by atoms with Crippen LogP contribution in [-0.2, 0) is 23.0 Å². The van der Waals surface area contributed by atoms with Crippen molar-refractivity contribution in [2.24, 2.45) is 0 Å². The second-order valence-corrected chi connectivity index (χ2v) is 19.5. The number of nitrogens with zero attached hydrogens (tertiary/aromatic N) is 4. The predicted octanol–water partition coefficient (Wildman–Crippen LogP) is 11.1. The number of benzene rings is 2. The van der Waals surface area contributed by atoms with Crippen molar-refractivity contribution in [1.29, 1.82) is 0 Å². The molecule has 0 amide bonds. The molecule has 11 nitrogen and oxygen atoms in total. The molecule has 58 heavy (non-hydrogen) atoms. The lowest BCUT2D eigenvalue weighted by molar-refractivity contribution is 0.155. The van der Waals surface area contributed by atoms with Crippen molar-refractivity contribution < 1.29 is 32.7 Å². The molecule has 6 aromatic rings. The van der Waals surface area contributed by atoms with Gasteiger partial charge < -0.3 is 19.7 Å². The van der Waals surface area contributed by atoms with E-state index in [2.05, 4.69) is 0 Å². The number of aliphatic hydroxyl groups excluding tert-OH is 2. The summed E-state index contributed by atoms with van der Waals surface area (Å²) in [6.45, 7) is 0.704. The van der Waals surface area contributed by atoms with Gasteiger partial charge in [-0.3, -0.25) is 4.55 Å². The Bertz CT molecular complexity index is 2590. The van der Waals surface area contributed by atoms with E-state index in [-0.39, 0.29) is 10.8 Å². The van der Waals surface area contributed by atoms with Crippen LogP contribution in [0.2, 0.25) is 20.1 Å². The maximum atomic E-state index is 12.1. The minimum Gasteiger partial charge on any atom is -0.492 e. The molecule has 0 aliphatic carbocycles. The Balaban J connectivity index is 0.902. The van der Waals surface area contributed by atoms with E-state index in [1.807, 2.05) is 22.2 Å². The summed E-state index contributed by atoms with van der Waals surface area (Å²) >= 11 is 28.1. The highest BCUT2D eigenvalue weighted by Crippen LogP contribution is 2.47. The van der Waals surface area contributed by atoms with Gasteiger partial charge in [-0.1, -0.05) is 84.9 Å². The molecule has 3 N–H and O–H groups in total. The van der Waals surface area contributed by atoms with E-state index in [0.29, 0.717) is 91.5 Å². The van der Waals surface area contributed by atoms with Crippen LogP contribution >= 0.6 is 69.1 Å². The second kappa shape index (κ2) is 17.4. The van der Waals surface area contributed by atoms with Crippen molar-refractivity contribution >= 4 is 79.2 Å². The first-order valence-corrected chi connectivity index (χ1v) is 23.5. The number of halogens is 4. The van der Waals surface area contributed by atoms with Crippen molar-refractivity contribution in [3.63, 3.8) is 0 Å². The van der Waals surface area contributed by atoms with Crippen LogP contribution in [-0.4, -0.2) is 56.0 Å². The van der Waals surface area contributed by atoms with Gasteiger partial charge in [0.1, 0.15) is 11.5 Å². The van der Waals surface area contributed by atoms with E-state index in [1.165, 1.54) is 6.07 Å². The number of thiophene rings is 2. The van der Waals surface area contributed by atoms with Crippen molar-refractivity contribution in [2.45, 2.75) is 80.6 Å². The number of hydrogen-bond donors (Lipinski definition) is 3. The van der Waals surface area contributed by atoms with Crippen LogP contribution in [0.3, 0.4) is 0 Å². The molecule has 0 bridgehead atoms. The summed E-state index contributed by atoms with van der Waals surface area (Å²) in [4.78, 5) is 1.41. The molecule has 2 atom stereocenters. The van der Waals surface area contributed by atoms with Crippen LogP contribution < -0.4 is 9.47 Å². The molecular formula is C40H38Cl4N4O7S3. The lowest BCUT2D eigenvalue weighted by Crippen LogP contribution is -2.06. The van der Waals surface area contributed by atoms with Gasteiger partial charge in [0.15, 0.2) is 4.21 Å².